The smallest absolute Gasteiger partial charge is 0.0561 e. The highest BCUT2D eigenvalue weighted by Gasteiger charge is 2.37. The summed E-state index contributed by atoms with van der Waals surface area (Å²) in [5, 5.41) is 4.29. The van der Waals surface area contributed by atoms with Crippen LogP contribution in [0.4, 0.5) is 11.4 Å². The van der Waals surface area contributed by atoms with Crippen molar-refractivity contribution < 1.29 is 0 Å². The van der Waals surface area contributed by atoms with Crippen molar-refractivity contribution in [3.63, 3.8) is 0 Å². The molecule has 0 saturated heterocycles. The molecule has 3 rings (SSSR count). The van der Waals surface area contributed by atoms with E-state index in [1.54, 1.807) is 0 Å². The molecule has 0 unspecified atom stereocenters. The van der Waals surface area contributed by atoms with Crippen molar-refractivity contribution in [2.45, 2.75) is 19.3 Å². The zero-order valence-corrected chi connectivity index (χ0v) is 13.2. The highest BCUT2D eigenvalue weighted by atomic mass is 15.3. The number of hydrogen-bond donors (Lipinski definition) is 1. The van der Waals surface area contributed by atoms with E-state index in [1.807, 2.05) is 36.5 Å². The van der Waals surface area contributed by atoms with Gasteiger partial charge in [0.1, 0.15) is 0 Å². The van der Waals surface area contributed by atoms with E-state index < -0.39 is 0 Å². The van der Waals surface area contributed by atoms with Gasteiger partial charge in [-0.3, -0.25) is 5.43 Å². The number of allylic oxidation sites excluding steroid dienone is 2. The summed E-state index contributed by atoms with van der Waals surface area (Å²) in [5.41, 5.74) is 7.88. The monoisotopic (exact) mass is 291 g/mol. The summed E-state index contributed by atoms with van der Waals surface area (Å²) in [6.45, 7) is 4.50. The third-order valence-corrected chi connectivity index (χ3v) is 4.21. The van der Waals surface area contributed by atoms with Crippen molar-refractivity contribution in [2.24, 2.45) is 5.10 Å². The number of para-hydroxylation sites is 2. The van der Waals surface area contributed by atoms with Gasteiger partial charge in [-0.2, -0.15) is 5.10 Å². The van der Waals surface area contributed by atoms with Gasteiger partial charge in [-0.1, -0.05) is 50.2 Å². The standard InChI is InChI=1S/C19H21N3/c1-19(2)16-11-7-8-12-17(16)22(3)18(19)13-14-20-21-15-9-5-4-6-10-15/h4-14,21H,1-3H3/b18-13+,20-14-. The lowest BCUT2D eigenvalue weighted by Crippen LogP contribution is -2.23. The lowest BCUT2D eigenvalue weighted by Gasteiger charge is -2.23. The average Bonchev–Trinajstić information content (AvgIpc) is 2.73. The largest absolute Gasteiger partial charge is 0.347 e. The summed E-state index contributed by atoms with van der Waals surface area (Å²) in [4.78, 5) is 2.24. The number of rotatable bonds is 3. The van der Waals surface area contributed by atoms with E-state index in [-0.39, 0.29) is 5.41 Å². The lowest BCUT2D eigenvalue weighted by atomic mass is 9.84. The van der Waals surface area contributed by atoms with E-state index in [0.717, 1.165) is 5.69 Å². The Balaban J connectivity index is 1.80. The van der Waals surface area contributed by atoms with E-state index in [9.17, 15) is 0 Å². The molecule has 0 atom stereocenters. The molecule has 3 nitrogen and oxygen atoms in total. The summed E-state index contributed by atoms with van der Waals surface area (Å²) in [6.07, 6.45) is 3.91. The minimum absolute atomic E-state index is 0.00981. The topological polar surface area (TPSA) is 27.6 Å². The molecular formula is C19H21N3. The van der Waals surface area contributed by atoms with Gasteiger partial charge in [0.15, 0.2) is 0 Å². The van der Waals surface area contributed by atoms with Crippen molar-refractivity contribution in [1.82, 2.24) is 0 Å². The molecule has 2 aromatic carbocycles. The maximum absolute atomic E-state index is 4.29. The molecule has 0 amide bonds. The molecule has 22 heavy (non-hydrogen) atoms. The van der Waals surface area contributed by atoms with Crippen LogP contribution in [0.3, 0.4) is 0 Å². The van der Waals surface area contributed by atoms with Gasteiger partial charge in [0.25, 0.3) is 0 Å². The van der Waals surface area contributed by atoms with E-state index in [4.69, 9.17) is 0 Å². The van der Waals surface area contributed by atoms with Gasteiger partial charge in [0.05, 0.1) is 5.69 Å². The minimum Gasteiger partial charge on any atom is -0.347 e. The van der Waals surface area contributed by atoms with Gasteiger partial charge in [-0.05, 0) is 29.8 Å². The fraction of sp³-hybridized carbons (Fsp3) is 0.211. The summed E-state index contributed by atoms with van der Waals surface area (Å²) < 4.78 is 0. The van der Waals surface area contributed by atoms with Crippen LogP contribution in [0.5, 0.6) is 0 Å². The molecule has 0 saturated carbocycles. The van der Waals surface area contributed by atoms with Gasteiger partial charge in [-0.25, -0.2) is 0 Å². The van der Waals surface area contributed by atoms with Crippen molar-refractivity contribution in [2.75, 3.05) is 17.4 Å². The molecule has 0 radical (unpaired) electrons. The maximum Gasteiger partial charge on any atom is 0.0561 e. The molecule has 0 bridgehead atoms. The Morgan fingerprint density at radius 2 is 1.68 bits per heavy atom. The van der Waals surface area contributed by atoms with Gasteiger partial charge >= 0.3 is 0 Å². The average molecular weight is 291 g/mol. The predicted molar refractivity (Wildman–Crippen MR) is 94.5 cm³/mol. The van der Waals surface area contributed by atoms with Crippen molar-refractivity contribution in [3.8, 4) is 0 Å². The van der Waals surface area contributed by atoms with Crippen LogP contribution >= 0.6 is 0 Å². The third-order valence-electron chi connectivity index (χ3n) is 4.21. The molecule has 1 N–H and O–H groups in total. The van der Waals surface area contributed by atoms with E-state index >= 15 is 0 Å². The molecule has 2 aromatic rings. The Bertz CT molecular complexity index is 714. The zero-order valence-electron chi connectivity index (χ0n) is 13.2. The van der Waals surface area contributed by atoms with Crippen LogP contribution in [0, 0.1) is 0 Å². The Morgan fingerprint density at radius 3 is 2.41 bits per heavy atom. The Kier molecular flexibility index (Phi) is 3.72. The van der Waals surface area contributed by atoms with Crippen LogP contribution < -0.4 is 10.3 Å². The van der Waals surface area contributed by atoms with Gasteiger partial charge in [0, 0.05) is 30.1 Å². The van der Waals surface area contributed by atoms with Gasteiger partial charge in [-0.15, -0.1) is 0 Å². The van der Waals surface area contributed by atoms with Crippen LogP contribution in [0.1, 0.15) is 19.4 Å². The second-order valence-corrected chi connectivity index (χ2v) is 6.01. The first-order valence-electron chi connectivity index (χ1n) is 7.49. The number of likely N-dealkylation sites (N-methyl/N-ethyl adjacent to an activating group) is 1. The Hall–Kier alpha value is -2.55. The van der Waals surface area contributed by atoms with Crippen LogP contribution in [-0.4, -0.2) is 13.3 Å². The maximum atomic E-state index is 4.29. The molecule has 112 valence electrons. The third kappa shape index (κ3) is 2.50. The van der Waals surface area contributed by atoms with Crippen LogP contribution in [0.25, 0.3) is 0 Å². The van der Waals surface area contributed by atoms with Crippen molar-refractivity contribution >= 4 is 17.6 Å². The lowest BCUT2D eigenvalue weighted by molar-refractivity contribution is 0.641. The van der Waals surface area contributed by atoms with Crippen LogP contribution in [0.2, 0.25) is 0 Å². The van der Waals surface area contributed by atoms with Crippen molar-refractivity contribution in [3.05, 3.63) is 71.9 Å². The first-order valence-corrected chi connectivity index (χ1v) is 7.49. The summed E-state index contributed by atoms with van der Waals surface area (Å²) in [5.74, 6) is 0. The second kappa shape index (κ2) is 5.68. The molecule has 1 heterocycles. The normalized spacial score (nSPS) is 18.0. The molecule has 0 aliphatic carbocycles. The highest BCUT2D eigenvalue weighted by Crippen LogP contribution is 2.46. The minimum atomic E-state index is -0.00981. The summed E-state index contributed by atoms with van der Waals surface area (Å²) in [7, 11) is 2.11. The predicted octanol–water partition coefficient (Wildman–Crippen LogP) is 4.40. The zero-order chi connectivity index (χ0) is 15.6. The Labute approximate surface area is 132 Å². The molecule has 0 spiro atoms. The molecule has 1 aliphatic heterocycles. The number of hydrazone groups is 1. The number of nitrogens with zero attached hydrogens (tertiary/aromatic N) is 2. The molecule has 0 fully saturated rings. The van der Waals surface area contributed by atoms with Gasteiger partial charge in [0.2, 0.25) is 0 Å². The molecule has 3 heteroatoms. The number of nitrogens with one attached hydrogen (secondary N) is 1. The van der Waals surface area contributed by atoms with Gasteiger partial charge < -0.3 is 4.90 Å². The highest BCUT2D eigenvalue weighted by molar-refractivity contribution is 5.79. The number of hydrogen-bond acceptors (Lipinski definition) is 3. The van der Waals surface area contributed by atoms with E-state index in [2.05, 4.69) is 66.7 Å². The Morgan fingerprint density at radius 1 is 1.00 bits per heavy atom. The molecule has 1 aliphatic rings. The van der Waals surface area contributed by atoms with Crippen LogP contribution in [-0.2, 0) is 5.41 Å². The fourth-order valence-corrected chi connectivity index (χ4v) is 3.03. The first kappa shape index (κ1) is 14.4. The summed E-state index contributed by atoms with van der Waals surface area (Å²) in [6, 6.07) is 18.5. The van der Waals surface area contributed by atoms with E-state index in [0.29, 0.717) is 0 Å². The van der Waals surface area contributed by atoms with Crippen molar-refractivity contribution in [1.29, 1.82) is 0 Å². The quantitative estimate of drug-likeness (QED) is 0.670. The van der Waals surface area contributed by atoms with E-state index in [1.165, 1.54) is 16.9 Å². The molecular weight excluding hydrogens is 270 g/mol. The molecule has 0 aromatic heterocycles. The second-order valence-electron chi connectivity index (χ2n) is 6.01. The number of anilines is 2. The summed E-state index contributed by atoms with van der Waals surface area (Å²) >= 11 is 0. The SMILES string of the molecule is CN1/C(=C/C=N\Nc2ccccc2)C(C)(C)c2ccccc21. The number of benzene rings is 2. The first-order chi connectivity index (χ1) is 10.6. The fourth-order valence-electron chi connectivity index (χ4n) is 3.03. The van der Waals surface area contributed by atoms with Crippen LogP contribution in [0.15, 0.2) is 71.5 Å². The number of fused-ring (bicyclic) bond motifs is 1.